The van der Waals surface area contributed by atoms with E-state index in [-0.39, 0.29) is 36.7 Å². The molecule has 1 aliphatic heterocycles. The highest BCUT2D eigenvalue weighted by Crippen LogP contribution is 2.33. The Morgan fingerprint density at radius 1 is 1.00 bits per heavy atom. The molecule has 1 fully saturated rings. The zero-order valence-electron chi connectivity index (χ0n) is 19.9. The van der Waals surface area contributed by atoms with E-state index in [1.807, 2.05) is 0 Å². The summed E-state index contributed by atoms with van der Waals surface area (Å²) in [5.74, 6) is -1.07. The Morgan fingerprint density at radius 2 is 1.62 bits per heavy atom. The summed E-state index contributed by atoms with van der Waals surface area (Å²) in [7, 11) is -2.37. The van der Waals surface area contributed by atoms with Gasteiger partial charge >= 0.3 is 6.18 Å². The average Bonchev–Trinajstić information content (AvgIpc) is 2.89. The molecule has 0 N–H and O–H groups in total. The number of amides is 1. The van der Waals surface area contributed by atoms with Crippen LogP contribution in [0.5, 0.6) is 0 Å². The van der Waals surface area contributed by atoms with Crippen molar-refractivity contribution in [2.75, 3.05) is 20.1 Å². The minimum Gasteiger partial charge on any atom is -0.333 e. The molecule has 1 saturated heterocycles. The highest BCUT2D eigenvalue weighted by Gasteiger charge is 2.36. The van der Waals surface area contributed by atoms with E-state index >= 15 is 0 Å². The highest BCUT2D eigenvalue weighted by atomic mass is 32.2. The molecule has 2 aromatic carbocycles. The summed E-state index contributed by atoms with van der Waals surface area (Å²) in [6.45, 7) is 0.108. The monoisotopic (exact) mass is 535 g/mol. The second kappa shape index (κ2) is 10.6. The van der Waals surface area contributed by atoms with Crippen molar-refractivity contribution < 1.29 is 30.8 Å². The number of carbonyl (C=O) groups excluding carboxylic acids is 1. The molecule has 3 aromatic rings. The van der Waals surface area contributed by atoms with Gasteiger partial charge in [-0.3, -0.25) is 9.78 Å². The third kappa shape index (κ3) is 5.83. The number of aromatic nitrogens is 1. The Bertz CT molecular complexity index is 1320. The van der Waals surface area contributed by atoms with Crippen LogP contribution in [0.1, 0.15) is 35.7 Å². The van der Waals surface area contributed by atoms with Gasteiger partial charge < -0.3 is 4.90 Å². The second-order valence-electron chi connectivity index (χ2n) is 8.86. The van der Waals surface area contributed by atoms with E-state index in [1.165, 1.54) is 16.4 Å². The summed E-state index contributed by atoms with van der Waals surface area (Å²) < 4.78 is 79.2. The summed E-state index contributed by atoms with van der Waals surface area (Å²) in [5.41, 5.74) is 0.355. The largest absolute Gasteiger partial charge is 0.416 e. The molecule has 0 radical (unpaired) electrons. The third-order valence-electron chi connectivity index (χ3n) is 6.51. The lowest BCUT2D eigenvalue weighted by Crippen LogP contribution is -2.44. The summed E-state index contributed by atoms with van der Waals surface area (Å²) in [6.07, 6.45) is -2.45. The molecule has 196 valence electrons. The maximum Gasteiger partial charge on any atom is 0.416 e. The quantitative estimate of drug-likeness (QED) is 0.422. The highest BCUT2D eigenvalue weighted by molar-refractivity contribution is 7.89. The molecule has 2 heterocycles. The minimum atomic E-state index is -4.56. The molecule has 11 heteroatoms. The van der Waals surface area contributed by atoms with Crippen molar-refractivity contribution in [2.45, 2.75) is 30.0 Å². The second-order valence-corrected chi connectivity index (χ2v) is 10.8. The number of carbonyl (C=O) groups is 1. The molecule has 0 aliphatic carbocycles. The molecule has 1 aromatic heterocycles. The van der Waals surface area contributed by atoms with Crippen LogP contribution in [-0.4, -0.2) is 48.7 Å². The SMILES string of the molecule is CN(C(=O)C1CCN(S(=O)(=O)c2ccc(C(F)(F)F)cc2)CC1)C(c1ccc(F)cc1)c1ccccn1. The number of hydrogen-bond acceptors (Lipinski definition) is 4. The summed E-state index contributed by atoms with van der Waals surface area (Å²) in [6, 6.07) is 13.9. The van der Waals surface area contributed by atoms with Gasteiger partial charge in [-0.25, -0.2) is 12.8 Å². The first-order valence-electron chi connectivity index (χ1n) is 11.6. The molecule has 1 aliphatic rings. The Kier molecular flexibility index (Phi) is 7.65. The summed E-state index contributed by atoms with van der Waals surface area (Å²) in [4.78, 5) is 19.2. The lowest BCUT2D eigenvalue weighted by molar-refractivity contribution is -0.138. The van der Waals surface area contributed by atoms with Crippen molar-refractivity contribution in [3.05, 3.63) is 95.6 Å². The number of halogens is 4. The van der Waals surface area contributed by atoms with Crippen LogP contribution in [-0.2, 0) is 21.0 Å². The minimum absolute atomic E-state index is 0.0540. The Balaban J connectivity index is 1.48. The van der Waals surface area contributed by atoms with Crippen LogP contribution < -0.4 is 0 Å². The number of pyridine rings is 1. The first-order valence-corrected chi connectivity index (χ1v) is 13.0. The smallest absolute Gasteiger partial charge is 0.333 e. The van der Waals surface area contributed by atoms with Crippen LogP contribution in [0.3, 0.4) is 0 Å². The van der Waals surface area contributed by atoms with Gasteiger partial charge in [-0.15, -0.1) is 0 Å². The van der Waals surface area contributed by atoms with Crippen molar-refractivity contribution in [3.8, 4) is 0 Å². The van der Waals surface area contributed by atoms with Crippen molar-refractivity contribution >= 4 is 15.9 Å². The van der Waals surface area contributed by atoms with Gasteiger partial charge in [0.15, 0.2) is 0 Å². The molecule has 0 saturated carbocycles. The fraction of sp³-hybridized carbons (Fsp3) is 0.308. The normalized spacial score (nSPS) is 16.4. The van der Waals surface area contributed by atoms with Crippen LogP contribution in [0.15, 0.2) is 77.8 Å². The number of piperidine rings is 1. The van der Waals surface area contributed by atoms with Crippen LogP contribution in [0.2, 0.25) is 0 Å². The zero-order chi connectivity index (χ0) is 26.8. The van der Waals surface area contributed by atoms with E-state index in [1.54, 1.807) is 48.5 Å². The predicted octanol–water partition coefficient (Wildman–Crippen LogP) is 4.89. The van der Waals surface area contributed by atoms with Gasteiger partial charge in [0, 0.05) is 32.3 Å². The lowest BCUT2D eigenvalue weighted by Gasteiger charge is -2.35. The third-order valence-corrected chi connectivity index (χ3v) is 8.42. The van der Waals surface area contributed by atoms with E-state index in [0.29, 0.717) is 11.3 Å². The van der Waals surface area contributed by atoms with Crippen LogP contribution in [0, 0.1) is 11.7 Å². The number of hydrogen-bond donors (Lipinski definition) is 0. The predicted molar refractivity (Wildman–Crippen MR) is 128 cm³/mol. The molecule has 1 atom stereocenters. The van der Waals surface area contributed by atoms with Gasteiger partial charge in [-0.1, -0.05) is 18.2 Å². The van der Waals surface area contributed by atoms with E-state index in [0.717, 1.165) is 24.3 Å². The molecular weight excluding hydrogens is 510 g/mol. The summed E-state index contributed by atoms with van der Waals surface area (Å²) in [5, 5.41) is 0. The number of nitrogens with zero attached hydrogens (tertiary/aromatic N) is 3. The van der Waals surface area contributed by atoms with Gasteiger partial charge in [-0.05, 0) is 66.9 Å². The fourth-order valence-electron chi connectivity index (χ4n) is 4.50. The Morgan fingerprint density at radius 3 is 2.16 bits per heavy atom. The molecule has 6 nitrogen and oxygen atoms in total. The molecule has 0 spiro atoms. The molecular formula is C26H25F4N3O3S. The van der Waals surface area contributed by atoms with Crippen LogP contribution in [0.4, 0.5) is 17.6 Å². The van der Waals surface area contributed by atoms with Crippen molar-refractivity contribution in [1.82, 2.24) is 14.2 Å². The van der Waals surface area contributed by atoms with Gasteiger partial charge in [0.05, 0.1) is 22.2 Å². The zero-order valence-corrected chi connectivity index (χ0v) is 20.7. The van der Waals surface area contributed by atoms with Gasteiger partial charge in [0.1, 0.15) is 5.82 Å². The topological polar surface area (TPSA) is 70.6 Å². The number of alkyl halides is 3. The standard InChI is InChI=1S/C26H25F4N3O3S/c1-32(24(23-4-2-3-15-31-23)18-5-9-21(27)10-6-18)25(34)19-13-16-33(17-14-19)37(35,36)22-11-7-20(8-12-22)26(28,29)30/h2-12,15,19,24H,13-14,16-17H2,1H3. The first kappa shape index (κ1) is 26.7. The molecule has 1 unspecified atom stereocenters. The molecule has 1 amide bonds. The van der Waals surface area contributed by atoms with E-state index in [9.17, 15) is 30.8 Å². The van der Waals surface area contributed by atoms with Gasteiger partial charge in [-0.2, -0.15) is 17.5 Å². The van der Waals surface area contributed by atoms with Crippen molar-refractivity contribution in [3.63, 3.8) is 0 Å². The van der Waals surface area contributed by atoms with E-state index < -0.39 is 39.5 Å². The molecule has 37 heavy (non-hydrogen) atoms. The fourth-order valence-corrected chi connectivity index (χ4v) is 5.97. The number of sulfonamides is 1. The maximum absolute atomic E-state index is 13.5. The first-order chi connectivity index (χ1) is 17.5. The lowest BCUT2D eigenvalue weighted by atomic mass is 9.94. The van der Waals surface area contributed by atoms with Crippen molar-refractivity contribution in [2.24, 2.45) is 5.92 Å². The van der Waals surface area contributed by atoms with Crippen molar-refractivity contribution in [1.29, 1.82) is 0 Å². The maximum atomic E-state index is 13.5. The van der Waals surface area contributed by atoms with E-state index in [4.69, 9.17) is 0 Å². The number of rotatable bonds is 6. The van der Waals surface area contributed by atoms with Gasteiger partial charge in [0.2, 0.25) is 15.9 Å². The Hall–Kier alpha value is -3.31. The van der Waals surface area contributed by atoms with E-state index in [2.05, 4.69) is 4.98 Å². The molecule has 0 bridgehead atoms. The van der Waals surface area contributed by atoms with Crippen LogP contribution >= 0.6 is 0 Å². The Labute approximate surface area is 212 Å². The van der Waals surface area contributed by atoms with Gasteiger partial charge in [0.25, 0.3) is 0 Å². The average molecular weight is 536 g/mol. The number of benzene rings is 2. The summed E-state index contributed by atoms with van der Waals surface area (Å²) >= 11 is 0. The van der Waals surface area contributed by atoms with Crippen LogP contribution in [0.25, 0.3) is 0 Å². The molecule has 4 rings (SSSR count).